The third-order valence-corrected chi connectivity index (χ3v) is 2.11. The highest BCUT2D eigenvalue weighted by atomic mass is 19.3. The number of alkyl halides is 2. The number of hydrogen-bond acceptors (Lipinski definition) is 4. The van der Waals surface area contributed by atoms with Gasteiger partial charge in [-0.3, -0.25) is 0 Å². The molecule has 1 aliphatic heterocycles. The Morgan fingerprint density at radius 3 is 2.29 bits per heavy atom. The maximum atomic E-state index is 12.5. The molecule has 6 heteroatoms. The van der Waals surface area contributed by atoms with Crippen molar-refractivity contribution in [1.29, 1.82) is 15.8 Å². The zero-order valence-electron chi connectivity index (χ0n) is 8.75. The average Bonchev–Trinajstić information content (AvgIpc) is 2.30. The number of nitriles is 3. The summed E-state index contributed by atoms with van der Waals surface area (Å²) in [6.45, 7) is 1.47. The van der Waals surface area contributed by atoms with Crippen molar-refractivity contribution >= 4 is 0 Å². The van der Waals surface area contributed by atoms with Gasteiger partial charge in [-0.25, -0.2) is 8.78 Å². The molecule has 17 heavy (non-hydrogen) atoms. The molecule has 0 fully saturated rings. The topological polar surface area (TPSA) is 83.4 Å². The minimum atomic E-state index is -2.76. The molecule has 0 atom stereocenters. The number of nitrogens with one attached hydrogen (secondary N) is 1. The van der Waals surface area contributed by atoms with Gasteiger partial charge in [0.05, 0.1) is 17.0 Å². The zero-order valence-corrected chi connectivity index (χ0v) is 8.75. The van der Waals surface area contributed by atoms with Gasteiger partial charge < -0.3 is 5.32 Å². The van der Waals surface area contributed by atoms with Gasteiger partial charge in [0.15, 0.2) is 5.57 Å². The number of allylic oxidation sites excluding steroid dienone is 5. The second-order valence-corrected chi connectivity index (χ2v) is 3.17. The molecule has 0 aliphatic carbocycles. The van der Waals surface area contributed by atoms with E-state index in [9.17, 15) is 8.78 Å². The molecule has 0 unspecified atom stereocenters. The second-order valence-electron chi connectivity index (χ2n) is 3.17. The molecular formula is C11H6F2N4. The molecule has 1 aliphatic rings. The van der Waals surface area contributed by atoms with Crippen LogP contribution in [0.15, 0.2) is 34.2 Å². The first kappa shape index (κ1) is 12.4. The Bertz CT molecular complexity index is 546. The summed E-state index contributed by atoms with van der Waals surface area (Å²) in [7, 11) is 0. The minimum Gasteiger partial charge on any atom is -0.351 e. The molecule has 1 heterocycles. The number of halogens is 2. The largest absolute Gasteiger partial charge is 0.351 e. The summed E-state index contributed by atoms with van der Waals surface area (Å²) in [5, 5.41) is 28.5. The number of hydrogen-bond donors (Lipinski definition) is 1. The van der Waals surface area contributed by atoms with Gasteiger partial charge in [0.1, 0.15) is 18.2 Å². The van der Waals surface area contributed by atoms with Crippen LogP contribution in [0.25, 0.3) is 0 Å². The average molecular weight is 232 g/mol. The molecule has 0 aromatic heterocycles. The molecule has 1 rings (SSSR count). The van der Waals surface area contributed by atoms with Gasteiger partial charge in [0.25, 0.3) is 6.43 Å². The van der Waals surface area contributed by atoms with E-state index in [4.69, 9.17) is 15.8 Å². The van der Waals surface area contributed by atoms with Gasteiger partial charge in [0, 0.05) is 0 Å². The van der Waals surface area contributed by atoms with Crippen LogP contribution in [0.3, 0.4) is 0 Å². The monoisotopic (exact) mass is 232 g/mol. The molecule has 1 N–H and O–H groups in total. The fourth-order valence-electron chi connectivity index (χ4n) is 1.33. The van der Waals surface area contributed by atoms with Crippen molar-refractivity contribution < 1.29 is 8.78 Å². The first-order valence-corrected chi connectivity index (χ1v) is 4.47. The highest BCUT2D eigenvalue weighted by Gasteiger charge is 2.23. The minimum absolute atomic E-state index is 0.0208. The summed E-state index contributed by atoms with van der Waals surface area (Å²) in [5.41, 5.74) is -0.675. The molecule has 0 radical (unpaired) electrons. The van der Waals surface area contributed by atoms with Crippen LogP contribution in [0.2, 0.25) is 0 Å². The van der Waals surface area contributed by atoms with E-state index in [1.54, 1.807) is 18.2 Å². The lowest BCUT2D eigenvalue weighted by atomic mass is 9.99. The smallest absolute Gasteiger partial charge is 0.278 e. The Balaban J connectivity index is 3.46. The Labute approximate surface area is 96.4 Å². The van der Waals surface area contributed by atoms with E-state index in [2.05, 4.69) is 5.32 Å². The molecule has 0 aromatic rings. The number of nitrogens with zero attached hydrogens (tertiary/aromatic N) is 3. The normalized spacial score (nSPS) is 14.4. The summed E-state index contributed by atoms with van der Waals surface area (Å²) >= 11 is 0. The molecule has 4 nitrogen and oxygen atoms in total. The van der Waals surface area contributed by atoms with Gasteiger partial charge in [-0.15, -0.1) is 0 Å². The van der Waals surface area contributed by atoms with Crippen molar-refractivity contribution in [3.05, 3.63) is 34.2 Å². The van der Waals surface area contributed by atoms with E-state index in [1.807, 2.05) is 0 Å². The standard InChI is InChI=1S/C11H6F2N4/c1-6-2-9(11(12)13)17-10(8(6)5-16)7(3-14)4-15/h2,11,17H,1H3. The van der Waals surface area contributed by atoms with E-state index >= 15 is 0 Å². The van der Waals surface area contributed by atoms with Crippen molar-refractivity contribution in [1.82, 2.24) is 5.32 Å². The molecule has 0 saturated carbocycles. The lowest BCUT2D eigenvalue weighted by Gasteiger charge is -2.19. The van der Waals surface area contributed by atoms with Crippen LogP contribution in [0, 0.1) is 34.0 Å². The number of rotatable bonds is 1. The molecule has 0 bridgehead atoms. The van der Waals surface area contributed by atoms with Crippen molar-refractivity contribution in [3.8, 4) is 18.2 Å². The SMILES string of the molecule is CC1=C(C#N)C(=C(C#N)C#N)NC(C(F)F)=C1. The van der Waals surface area contributed by atoms with Gasteiger partial charge in [0.2, 0.25) is 0 Å². The predicted octanol–water partition coefficient (Wildman–Crippen LogP) is 1.88. The summed E-state index contributed by atoms with van der Waals surface area (Å²) in [6.07, 6.45) is -1.64. The molecule has 0 aromatic carbocycles. The van der Waals surface area contributed by atoms with Crippen LogP contribution in [0.5, 0.6) is 0 Å². The van der Waals surface area contributed by atoms with Crippen LogP contribution in [-0.2, 0) is 0 Å². The lowest BCUT2D eigenvalue weighted by Crippen LogP contribution is -2.24. The van der Waals surface area contributed by atoms with Crippen molar-refractivity contribution in [3.63, 3.8) is 0 Å². The van der Waals surface area contributed by atoms with Gasteiger partial charge in [-0.2, -0.15) is 15.8 Å². The van der Waals surface area contributed by atoms with E-state index in [-0.39, 0.29) is 11.3 Å². The van der Waals surface area contributed by atoms with E-state index in [1.165, 1.54) is 6.92 Å². The zero-order chi connectivity index (χ0) is 13.0. The molecular weight excluding hydrogens is 226 g/mol. The maximum absolute atomic E-state index is 12.5. The third-order valence-electron chi connectivity index (χ3n) is 2.11. The molecule has 84 valence electrons. The van der Waals surface area contributed by atoms with Gasteiger partial charge in [-0.1, -0.05) is 0 Å². The molecule has 0 saturated heterocycles. The van der Waals surface area contributed by atoms with Crippen molar-refractivity contribution in [2.24, 2.45) is 0 Å². The fraction of sp³-hybridized carbons (Fsp3) is 0.182. The van der Waals surface area contributed by atoms with E-state index < -0.39 is 17.7 Å². The predicted molar refractivity (Wildman–Crippen MR) is 53.8 cm³/mol. The Morgan fingerprint density at radius 1 is 1.29 bits per heavy atom. The van der Waals surface area contributed by atoms with E-state index in [0.717, 1.165) is 6.08 Å². The van der Waals surface area contributed by atoms with Gasteiger partial charge >= 0.3 is 0 Å². The summed E-state index contributed by atoms with van der Waals surface area (Å²) in [5.74, 6) is 0. The first-order chi connectivity index (χ1) is 8.04. The van der Waals surface area contributed by atoms with Crippen LogP contribution in [0.1, 0.15) is 6.92 Å². The van der Waals surface area contributed by atoms with Gasteiger partial charge in [-0.05, 0) is 18.6 Å². The lowest BCUT2D eigenvalue weighted by molar-refractivity contribution is 0.182. The summed E-state index contributed by atoms with van der Waals surface area (Å²) in [4.78, 5) is 0. The Kier molecular flexibility index (Phi) is 3.59. The highest BCUT2D eigenvalue weighted by molar-refractivity contribution is 5.59. The second kappa shape index (κ2) is 4.92. The third kappa shape index (κ3) is 2.30. The molecule has 0 amide bonds. The van der Waals surface area contributed by atoms with Crippen LogP contribution >= 0.6 is 0 Å². The quantitative estimate of drug-likeness (QED) is 0.699. The molecule has 0 spiro atoms. The van der Waals surface area contributed by atoms with Crippen LogP contribution in [0.4, 0.5) is 8.78 Å². The summed E-state index contributed by atoms with van der Waals surface area (Å²) in [6, 6.07) is 4.91. The summed E-state index contributed by atoms with van der Waals surface area (Å²) < 4.78 is 25.1. The highest BCUT2D eigenvalue weighted by Crippen LogP contribution is 2.25. The van der Waals surface area contributed by atoms with Crippen LogP contribution < -0.4 is 5.32 Å². The maximum Gasteiger partial charge on any atom is 0.278 e. The van der Waals surface area contributed by atoms with Crippen molar-refractivity contribution in [2.75, 3.05) is 0 Å². The van der Waals surface area contributed by atoms with E-state index in [0.29, 0.717) is 5.57 Å². The first-order valence-electron chi connectivity index (χ1n) is 4.47. The number of dihydropyridines is 1. The van der Waals surface area contributed by atoms with Crippen LogP contribution in [-0.4, -0.2) is 6.43 Å². The fourth-order valence-corrected chi connectivity index (χ4v) is 1.33. The Morgan fingerprint density at radius 2 is 1.88 bits per heavy atom. The Hall–Kier alpha value is -2.65. The van der Waals surface area contributed by atoms with Crippen molar-refractivity contribution in [2.45, 2.75) is 13.3 Å².